The topological polar surface area (TPSA) is 34.1 Å². The van der Waals surface area contributed by atoms with E-state index >= 15 is 0 Å². The van der Waals surface area contributed by atoms with Crippen LogP contribution in [0.15, 0.2) is 0 Å². The Kier molecular flexibility index (Phi) is 1.61. The van der Waals surface area contributed by atoms with Crippen LogP contribution in [-0.4, -0.2) is 15.0 Å². The van der Waals surface area contributed by atoms with E-state index in [1.807, 2.05) is 6.92 Å². The van der Waals surface area contributed by atoms with Gasteiger partial charge in [0.25, 0.3) is 0 Å². The van der Waals surface area contributed by atoms with Crippen molar-refractivity contribution in [2.45, 2.75) is 37.0 Å². The highest BCUT2D eigenvalue weighted by Crippen LogP contribution is 2.67. The van der Waals surface area contributed by atoms with Gasteiger partial charge in [-0.15, -0.1) is 0 Å². The third-order valence-corrected chi connectivity index (χ3v) is 6.78. The SMILES string of the molecule is CC12CCC(I)(C(=O)C1=O)C2(C)C. The van der Waals surface area contributed by atoms with Crippen LogP contribution in [0.1, 0.15) is 33.6 Å². The number of fused-ring (bicyclic) bond motifs is 2. The van der Waals surface area contributed by atoms with Gasteiger partial charge in [-0.1, -0.05) is 43.4 Å². The number of hydrogen-bond acceptors (Lipinski definition) is 2. The zero-order valence-corrected chi connectivity index (χ0v) is 10.3. The number of ketones is 2. The van der Waals surface area contributed by atoms with Crippen molar-refractivity contribution in [3.8, 4) is 0 Å². The first kappa shape index (κ1) is 9.62. The molecule has 2 atom stereocenters. The standard InChI is InChI=1S/C10H13IO2/c1-8(2)9(3)4-5-10(8,11)7(13)6(9)12/h4-5H2,1-3H3. The molecule has 0 saturated heterocycles. The third-order valence-electron chi connectivity index (χ3n) is 4.41. The molecule has 13 heavy (non-hydrogen) atoms. The molecule has 0 N–H and O–H groups in total. The van der Waals surface area contributed by atoms with Crippen molar-refractivity contribution in [1.82, 2.24) is 0 Å². The second-order valence-electron chi connectivity index (χ2n) is 4.92. The fourth-order valence-corrected chi connectivity index (χ4v) is 3.82. The van der Waals surface area contributed by atoms with E-state index < -0.39 is 8.84 Å². The van der Waals surface area contributed by atoms with Gasteiger partial charge >= 0.3 is 0 Å². The molecule has 2 rings (SSSR count). The van der Waals surface area contributed by atoms with Gasteiger partial charge in [0.1, 0.15) is 0 Å². The summed E-state index contributed by atoms with van der Waals surface area (Å²) in [4.78, 5) is 23.5. The predicted octanol–water partition coefficient (Wildman–Crippen LogP) is 2.14. The van der Waals surface area contributed by atoms with Gasteiger partial charge in [0.05, 0.1) is 3.42 Å². The summed E-state index contributed by atoms with van der Waals surface area (Å²) in [5.74, 6) is -0.287. The minimum atomic E-state index is -0.420. The fraction of sp³-hybridized carbons (Fsp3) is 0.800. The summed E-state index contributed by atoms with van der Waals surface area (Å²) in [6.45, 7) is 6.05. The van der Waals surface area contributed by atoms with Crippen LogP contribution in [-0.2, 0) is 9.59 Å². The molecule has 3 heteroatoms. The molecule has 0 aliphatic heterocycles. The Hall–Kier alpha value is 0.0700. The minimum absolute atomic E-state index is 0.141. The quantitative estimate of drug-likeness (QED) is 0.389. The molecule has 0 aromatic carbocycles. The number of hydrogen-bond donors (Lipinski definition) is 0. The molecule has 2 unspecified atom stereocenters. The molecule has 72 valence electrons. The van der Waals surface area contributed by atoms with E-state index in [2.05, 4.69) is 36.4 Å². The van der Waals surface area contributed by atoms with Crippen molar-refractivity contribution in [1.29, 1.82) is 0 Å². The molecule has 2 fully saturated rings. The molecule has 0 spiro atoms. The van der Waals surface area contributed by atoms with E-state index in [1.54, 1.807) is 0 Å². The first-order valence-corrected chi connectivity index (χ1v) is 5.63. The smallest absolute Gasteiger partial charge is 0.215 e. The van der Waals surface area contributed by atoms with Crippen molar-refractivity contribution in [3.05, 3.63) is 0 Å². The Labute approximate surface area is 91.6 Å². The number of alkyl halides is 1. The molecule has 2 saturated carbocycles. The Bertz CT molecular complexity index is 291. The Morgan fingerprint density at radius 3 is 1.85 bits per heavy atom. The van der Waals surface area contributed by atoms with E-state index in [1.165, 1.54) is 0 Å². The van der Waals surface area contributed by atoms with Crippen LogP contribution in [0.2, 0.25) is 0 Å². The van der Waals surface area contributed by atoms with Crippen molar-refractivity contribution < 1.29 is 9.59 Å². The van der Waals surface area contributed by atoms with Crippen LogP contribution in [0, 0.1) is 10.8 Å². The fourth-order valence-electron chi connectivity index (χ4n) is 2.71. The van der Waals surface area contributed by atoms with Crippen LogP contribution in [0.25, 0.3) is 0 Å². The van der Waals surface area contributed by atoms with E-state index in [4.69, 9.17) is 0 Å². The molecular weight excluding hydrogens is 279 g/mol. The average molecular weight is 292 g/mol. The van der Waals surface area contributed by atoms with Gasteiger partial charge in [-0.2, -0.15) is 0 Å². The lowest BCUT2D eigenvalue weighted by Gasteiger charge is -2.34. The highest BCUT2D eigenvalue weighted by Gasteiger charge is 2.73. The normalized spacial score (nSPS) is 47.4. The lowest BCUT2D eigenvalue weighted by molar-refractivity contribution is -0.140. The van der Waals surface area contributed by atoms with Crippen LogP contribution in [0.3, 0.4) is 0 Å². The highest BCUT2D eigenvalue weighted by molar-refractivity contribution is 14.1. The molecule has 0 radical (unpaired) electrons. The minimum Gasteiger partial charge on any atom is -0.290 e. The van der Waals surface area contributed by atoms with E-state index in [0.717, 1.165) is 12.8 Å². The summed E-state index contributed by atoms with van der Waals surface area (Å²) in [5, 5.41) is 0. The summed E-state index contributed by atoms with van der Waals surface area (Å²) in [6.07, 6.45) is 1.73. The average Bonchev–Trinajstić information content (AvgIpc) is 2.28. The maximum atomic E-state index is 11.8. The summed E-state index contributed by atoms with van der Waals surface area (Å²) in [5.41, 5.74) is -0.569. The Morgan fingerprint density at radius 2 is 1.62 bits per heavy atom. The first-order valence-electron chi connectivity index (χ1n) is 4.55. The zero-order valence-electron chi connectivity index (χ0n) is 8.11. The van der Waals surface area contributed by atoms with Crippen molar-refractivity contribution in [2.75, 3.05) is 0 Å². The van der Waals surface area contributed by atoms with Crippen molar-refractivity contribution in [2.24, 2.45) is 10.8 Å². The molecule has 0 aromatic rings. The largest absolute Gasteiger partial charge is 0.290 e. The highest BCUT2D eigenvalue weighted by atomic mass is 127. The molecule has 0 heterocycles. The van der Waals surface area contributed by atoms with E-state index in [-0.39, 0.29) is 17.0 Å². The molecule has 2 nitrogen and oxygen atoms in total. The van der Waals surface area contributed by atoms with Crippen molar-refractivity contribution >= 4 is 34.2 Å². The van der Waals surface area contributed by atoms with Gasteiger partial charge in [0.15, 0.2) is 0 Å². The molecule has 0 amide bonds. The van der Waals surface area contributed by atoms with E-state index in [9.17, 15) is 9.59 Å². The summed E-state index contributed by atoms with van der Waals surface area (Å²) in [7, 11) is 0. The van der Waals surface area contributed by atoms with Gasteiger partial charge in [0.2, 0.25) is 11.6 Å². The van der Waals surface area contributed by atoms with Crippen LogP contribution >= 0.6 is 22.6 Å². The summed E-state index contributed by atoms with van der Waals surface area (Å²) < 4.78 is -0.420. The first-order chi connectivity index (χ1) is 5.77. The molecule has 2 aliphatic rings. The van der Waals surface area contributed by atoms with Gasteiger partial charge in [0, 0.05) is 5.41 Å². The molecule has 2 bridgehead atoms. The molecule has 0 aromatic heterocycles. The van der Waals surface area contributed by atoms with Crippen LogP contribution < -0.4 is 0 Å². The Balaban J connectivity index is 2.68. The third kappa shape index (κ3) is 0.726. The van der Waals surface area contributed by atoms with Gasteiger partial charge < -0.3 is 0 Å². The molecular formula is C10H13IO2. The van der Waals surface area contributed by atoms with Crippen molar-refractivity contribution in [3.63, 3.8) is 0 Å². The predicted molar refractivity (Wildman–Crippen MR) is 57.9 cm³/mol. The number of carbonyl (C=O) groups is 2. The van der Waals surface area contributed by atoms with E-state index in [0.29, 0.717) is 0 Å². The number of carbonyl (C=O) groups excluding carboxylic acids is 2. The zero-order chi connectivity index (χ0) is 10.1. The maximum Gasteiger partial charge on any atom is 0.215 e. The number of Topliss-reactive ketones (excluding diaryl/α,β-unsaturated/α-hetero) is 2. The maximum absolute atomic E-state index is 11.8. The lowest BCUT2D eigenvalue weighted by Crippen LogP contribution is -2.38. The Morgan fingerprint density at radius 1 is 1.08 bits per heavy atom. The monoisotopic (exact) mass is 292 g/mol. The second kappa shape index (κ2) is 2.18. The molecule has 2 aliphatic carbocycles. The van der Waals surface area contributed by atoms with Crippen LogP contribution in [0.5, 0.6) is 0 Å². The van der Waals surface area contributed by atoms with Crippen LogP contribution in [0.4, 0.5) is 0 Å². The summed E-state index contributed by atoms with van der Waals surface area (Å²) in [6, 6.07) is 0. The lowest BCUT2D eigenvalue weighted by atomic mass is 9.70. The van der Waals surface area contributed by atoms with Gasteiger partial charge in [-0.05, 0) is 18.3 Å². The van der Waals surface area contributed by atoms with Gasteiger partial charge in [-0.3, -0.25) is 9.59 Å². The summed E-state index contributed by atoms with van der Waals surface area (Å²) >= 11 is 2.19. The number of rotatable bonds is 0. The number of halogens is 1. The second-order valence-corrected chi connectivity index (χ2v) is 6.76. The van der Waals surface area contributed by atoms with Gasteiger partial charge in [-0.25, -0.2) is 0 Å².